The molecule has 0 aliphatic rings. The fraction of sp³-hybridized carbons (Fsp3) is 0.526. The fourth-order valence-electron chi connectivity index (χ4n) is 2.06. The number of carbonyl (C=O) groups excluding carboxylic acids is 2. The Morgan fingerprint density at radius 3 is 2.62 bits per heavy atom. The van der Waals surface area contributed by atoms with Crippen molar-refractivity contribution in [1.82, 2.24) is 5.32 Å². The Hall–Kier alpha value is -2.75. The van der Waals surface area contributed by atoms with Gasteiger partial charge in [0.2, 0.25) is 0 Å². The van der Waals surface area contributed by atoms with E-state index in [2.05, 4.69) is 11.4 Å². The quantitative estimate of drug-likeness (QED) is 0.564. The third-order valence-electron chi connectivity index (χ3n) is 3.13. The smallest absolute Gasteiger partial charge is 0.407 e. The highest BCUT2D eigenvalue weighted by Crippen LogP contribution is 2.22. The van der Waals surface area contributed by atoms with E-state index < -0.39 is 11.7 Å². The van der Waals surface area contributed by atoms with Crippen LogP contribution in [0.1, 0.15) is 45.2 Å². The number of ether oxygens (including phenoxy) is 3. The molecule has 0 aliphatic heterocycles. The van der Waals surface area contributed by atoms with Gasteiger partial charge in [-0.25, -0.2) is 4.79 Å². The summed E-state index contributed by atoms with van der Waals surface area (Å²) in [4.78, 5) is 23.1. The molecule has 0 spiro atoms. The van der Waals surface area contributed by atoms with Crippen molar-refractivity contribution in [2.24, 2.45) is 0 Å². The topological polar surface area (TPSA) is 97.7 Å². The molecule has 7 nitrogen and oxygen atoms in total. The van der Waals surface area contributed by atoms with Crippen LogP contribution in [0.5, 0.6) is 5.75 Å². The van der Waals surface area contributed by atoms with Crippen LogP contribution in [0.2, 0.25) is 0 Å². The molecular weight excluding hydrogens is 336 g/mol. The average molecular weight is 362 g/mol. The minimum absolute atomic E-state index is 0.209. The second-order valence-corrected chi connectivity index (χ2v) is 6.52. The van der Waals surface area contributed by atoms with Gasteiger partial charge in [-0.15, -0.1) is 0 Å². The summed E-state index contributed by atoms with van der Waals surface area (Å²) in [7, 11) is 0. The number of hydrogen-bond donors (Lipinski definition) is 1. The van der Waals surface area contributed by atoms with Crippen LogP contribution >= 0.6 is 0 Å². The van der Waals surface area contributed by atoms with Crippen molar-refractivity contribution in [2.75, 3.05) is 19.8 Å². The third kappa shape index (κ3) is 8.38. The van der Waals surface area contributed by atoms with Crippen LogP contribution in [0.15, 0.2) is 18.2 Å². The molecule has 7 heteroatoms. The lowest BCUT2D eigenvalue weighted by molar-refractivity contribution is -0.143. The molecule has 0 fully saturated rings. The van der Waals surface area contributed by atoms with Gasteiger partial charge in [0.05, 0.1) is 24.8 Å². The summed E-state index contributed by atoms with van der Waals surface area (Å²) in [5.74, 6) is 0.230. The van der Waals surface area contributed by atoms with Gasteiger partial charge in [-0.1, -0.05) is 6.07 Å². The molecule has 1 amide bonds. The zero-order valence-electron chi connectivity index (χ0n) is 15.8. The molecule has 0 aromatic heterocycles. The first-order valence-corrected chi connectivity index (χ1v) is 8.53. The van der Waals surface area contributed by atoms with Crippen molar-refractivity contribution in [3.05, 3.63) is 29.3 Å². The standard InChI is InChI=1S/C19H26N2O5/c1-5-24-17(22)9-8-15-7-6-14(13-20)12-16(15)25-11-10-21-18(23)26-19(2,3)4/h6-7,12H,5,8-11H2,1-4H3,(H,21,23). The largest absolute Gasteiger partial charge is 0.491 e. The number of esters is 1. The number of nitrogens with one attached hydrogen (secondary N) is 1. The van der Waals surface area contributed by atoms with E-state index in [0.717, 1.165) is 5.56 Å². The molecule has 1 rings (SSSR count). The molecule has 0 radical (unpaired) electrons. The molecular formula is C19H26N2O5. The van der Waals surface area contributed by atoms with Gasteiger partial charge < -0.3 is 19.5 Å². The van der Waals surface area contributed by atoms with Crippen LogP contribution < -0.4 is 10.1 Å². The van der Waals surface area contributed by atoms with Crippen molar-refractivity contribution in [3.8, 4) is 11.8 Å². The van der Waals surface area contributed by atoms with Gasteiger partial charge in [-0.3, -0.25) is 4.79 Å². The number of amides is 1. The number of aryl methyl sites for hydroxylation is 1. The lowest BCUT2D eigenvalue weighted by Crippen LogP contribution is -2.34. The van der Waals surface area contributed by atoms with E-state index in [1.54, 1.807) is 45.9 Å². The van der Waals surface area contributed by atoms with E-state index in [1.807, 2.05) is 0 Å². The summed E-state index contributed by atoms with van der Waals surface area (Å²) in [6.45, 7) is 7.91. The van der Waals surface area contributed by atoms with Crippen LogP contribution in [-0.2, 0) is 20.7 Å². The van der Waals surface area contributed by atoms with Crippen LogP contribution in [0.4, 0.5) is 4.79 Å². The number of rotatable bonds is 8. The van der Waals surface area contributed by atoms with Crippen LogP contribution in [0.3, 0.4) is 0 Å². The van der Waals surface area contributed by atoms with E-state index in [0.29, 0.717) is 24.3 Å². The van der Waals surface area contributed by atoms with Crippen LogP contribution in [0.25, 0.3) is 0 Å². The van der Waals surface area contributed by atoms with E-state index >= 15 is 0 Å². The van der Waals surface area contributed by atoms with Crippen molar-refractivity contribution >= 4 is 12.1 Å². The highest BCUT2D eigenvalue weighted by Gasteiger charge is 2.15. The summed E-state index contributed by atoms with van der Waals surface area (Å²) in [6.07, 6.45) is 0.153. The summed E-state index contributed by atoms with van der Waals surface area (Å²) in [6, 6.07) is 7.10. The summed E-state index contributed by atoms with van der Waals surface area (Å²) in [5, 5.41) is 11.6. The zero-order chi connectivity index (χ0) is 19.6. The highest BCUT2D eigenvalue weighted by molar-refractivity contribution is 5.70. The molecule has 1 aromatic rings. The zero-order valence-corrected chi connectivity index (χ0v) is 15.8. The normalized spacial score (nSPS) is 10.6. The first-order valence-electron chi connectivity index (χ1n) is 8.53. The third-order valence-corrected chi connectivity index (χ3v) is 3.13. The second kappa shape index (κ2) is 10.3. The summed E-state index contributed by atoms with van der Waals surface area (Å²) >= 11 is 0. The second-order valence-electron chi connectivity index (χ2n) is 6.52. The fourth-order valence-corrected chi connectivity index (χ4v) is 2.06. The van der Waals surface area contributed by atoms with Gasteiger partial charge in [0.1, 0.15) is 18.0 Å². The molecule has 0 aliphatic carbocycles. The van der Waals surface area contributed by atoms with E-state index in [9.17, 15) is 9.59 Å². The van der Waals surface area contributed by atoms with Gasteiger partial charge in [-0.2, -0.15) is 5.26 Å². The van der Waals surface area contributed by atoms with Crippen molar-refractivity contribution in [1.29, 1.82) is 5.26 Å². The van der Waals surface area contributed by atoms with Gasteiger partial charge in [0.15, 0.2) is 0 Å². The maximum Gasteiger partial charge on any atom is 0.407 e. The SMILES string of the molecule is CCOC(=O)CCc1ccc(C#N)cc1OCCNC(=O)OC(C)(C)C. The first-order chi connectivity index (χ1) is 12.2. The van der Waals surface area contributed by atoms with E-state index in [1.165, 1.54) is 0 Å². The molecule has 1 N–H and O–H groups in total. The number of nitrogens with zero attached hydrogens (tertiary/aromatic N) is 1. The molecule has 0 unspecified atom stereocenters. The number of alkyl carbamates (subject to hydrolysis) is 1. The number of hydrogen-bond acceptors (Lipinski definition) is 6. The van der Waals surface area contributed by atoms with E-state index in [-0.39, 0.29) is 25.5 Å². The Bertz CT molecular complexity index is 659. The highest BCUT2D eigenvalue weighted by atomic mass is 16.6. The Morgan fingerprint density at radius 1 is 1.27 bits per heavy atom. The lowest BCUT2D eigenvalue weighted by Gasteiger charge is -2.19. The Morgan fingerprint density at radius 2 is 2.00 bits per heavy atom. The number of benzene rings is 1. The van der Waals surface area contributed by atoms with E-state index in [4.69, 9.17) is 19.5 Å². The van der Waals surface area contributed by atoms with Gasteiger partial charge >= 0.3 is 12.1 Å². The maximum absolute atomic E-state index is 11.6. The van der Waals surface area contributed by atoms with Gasteiger partial charge in [0, 0.05) is 6.42 Å². The molecule has 0 bridgehead atoms. The molecule has 0 saturated carbocycles. The average Bonchev–Trinajstić information content (AvgIpc) is 2.56. The lowest BCUT2D eigenvalue weighted by atomic mass is 10.1. The molecule has 1 aromatic carbocycles. The van der Waals surface area contributed by atoms with Crippen molar-refractivity contribution < 1.29 is 23.8 Å². The predicted molar refractivity (Wildman–Crippen MR) is 95.8 cm³/mol. The minimum Gasteiger partial charge on any atom is -0.491 e. The monoisotopic (exact) mass is 362 g/mol. The summed E-state index contributed by atoms with van der Waals surface area (Å²) < 4.78 is 15.7. The minimum atomic E-state index is -0.563. The first kappa shape index (κ1) is 21.3. The van der Waals surface area contributed by atoms with Crippen LogP contribution in [0, 0.1) is 11.3 Å². The molecule has 142 valence electrons. The Balaban J connectivity index is 2.59. The Labute approximate surface area is 154 Å². The molecule has 0 saturated heterocycles. The number of carbonyl (C=O) groups is 2. The maximum atomic E-state index is 11.6. The summed E-state index contributed by atoms with van der Waals surface area (Å²) in [5.41, 5.74) is 0.695. The number of nitriles is 1. The molecule has 26 heavy (non-hydrogen) atoms. The van der Waals surface area contributed by atoms with Gasteiger partial charge in [-0.05, 0) is 51.8 Å². The predicted octanol–water partition coefficient (Wildman–Crippen LogP) is 2.96. The van der Waals surface area contributed by atoms with Crippen molar-refractivity contribution in [2.45, 2.75) is 46.1 Å². The molecule has 0 heterocycles. The Kier molecular flexibility index (Phi) is 8.43. The molecule has 0 atom stereocenters. The van der Waals surface area contributed by atoms with Crippen molar-refractivity contribution in [3.63, 3.8) is 0 Å². The van der Waals surface area contributed by atoms with Crippen LogP contribution in [-0.4, -0.2) is 37.4 Å². The van der Waals surface area contributed by atoms with Gasteiger partial charge in [0.25, 0.3) is 0 Å².